The van der Waals surface area contributed by atoms with E-state index in [0.29, 0.717) is 12.1 Å². The minimum atomic E-state index is -0.893. The number of fused-ring (bicyclic) bond motifs is 1. The summed E-state index contributed by atoms with van der Waals surface area (Å²) < 4.78 is 0. The number of carbonyl (C=O) groups is 1. The van der Waals surface area contributed by atoms with Gasteiger partial charge in [-0.15, -0.1) is 0 Å². The van der Waals surface area contributed by atoms with E-state index in [9.17, 15) is 4.79 Å². The summed E-state index contributed by atoms with van der Waals surface area (Å²) in [6, 6.07) is 21.6. The van der Waals surface area contributed by atoms with E-state index in [1.54, 1.807) is 18.2 Å². The second-order valence-electron chi connectivity index (χ2n) is 5.25. The first-order valence-electron chi connectivity index (χ1n) is 7.23. The Morgan fingerprint density at radius 2 is 1.68 bits per heavy atom. The maximum atomic E-state index is 11.0. The molecule has 0 atom stereocenters. The molecule has 0 aliphatic carbocycles. The largest absolute Gasteiger partial charge is 0.478 e. The van der Waals surface area contributed by atoms with Crippen LogP contribution in [0.5, 0.6) is 0 Å². The third kappa shape index (κ3) is 3.15. The maximum Gasteiger partial charge on any atom is 0.335 e. The Bertz CT molecular complexity index is 806. The molecule has 3 rings (SSSR count). The van der Waals surface area contributed by atoms with Gasteiger partial charge < -0.3 is 10.4 Å². The van der Waals surface area contributed by atoms with Gasteiger partial charge in [0.05, 0.1) is 5.56 Å². The number of hydrogen-bond donors (Lipinski definition) is 2. The van der Waals surface area contributed by atoms with Crippen molar-refractivity contribution in [3.8, 4) is 0 Å². The molecule has 3 heteroatoms. The minimum Gasteiger partial charge on any atom is -0.478 e. The van der Waals surface area contributed by atoms with E-state index >= 15 is 0 Å². The molecular formula is C19H17NO2. The second-order valence-corrected chi connectivity index (χ2v) is 5.25. The van der Waals surface area contributed by atoms with Crippen LogP contribution in [0.3, 0.4) is 0 Å². The van der Waals surface area contributed by atoms with Gasteiger partial charge in [-0.1, -0.05) is 54.6 Å². The molecule has 0 aliphatic rings. The van der Waals surface area contributed by atoms with Crippen molar-refractivity contribution in [3.63, 3.8) is 0 Å². The highest BCUT2D eigenvalue weighted by Gasteiger charge is 2.04. The zero-order valence-corrected chi connectivity index (χ0v) is 12.1. The van der Waals surface area contributed by atoms with E-state index in [0.717, 1.165) is 12.1 Å². The van der Waals surface area contributed by atoms with E-state index in [1.165, 1.54) is 16.3 Å². The molecule has 0 saturated heterocycles. The van der Waals surface area contributed by atoms with Gasteiger partial charge in [0.2, 0.25) is 0 Å². The van der Waals surface area contributed by atoms with Crippen LogP contribution in [0.15, 0.2) is 66.7 Å². The molecule has 0 aliphatic heterocycles. The molecule has 0 bridgehead atoms. The zero-order valence-electron chi connectivity index (χ0n) is 12.1. The Kier molecular flexibility index (Phi) is 4.17. The lowest BCUT2D eigenvalue weighted by Gasteiger charge is -2.09. The molecule has 0 radical (unpaired) electrons. The summed E-state index contributed by atoms with van der Waals surface area (Å²) in [5, 5.41) is 14.9. The quantitative estimate of drug-likeness (QED) is 0.751. The van der Waals surface area contributed by atoms with Gasteiger partial charge in [0.15, 0.2) is 0 Å². The molecule has 3 aromatic rings. The first-order chi connectivity index (χ1) is 10.7. The number of hydrogen-bond acceptors (Lipinski definition) is 2. The van der Waals surface area contributed by atoms with Gasteiger partial charge in [-0.3, -0.25) is 0 Å². The van der Waals surface area contributed by atoms with Crippen molar-refractivity contribution in [1.82, 2.24) is 5.32 Å². The van der Waals surface area contributed by atoms with Gasteiger partial charge in [-0.25, -0.2) is 4.79 Å². The van der Waals surface area contributed by atoms with Crippen LogP contribution in [0.2, 0.25) is 0 Å². The lowest BCUT2D eigenvalue weighted by atomic mass is 10.0. The fourth-order valence-electron chi connectivity index (χ4n) is 2.60. The molecule has 0 heterocycles. The molecular weight excluding hydrogens is 274 g/mol. The molecule has 22 heavy (non-hydrogen) atoms. The Labute approximate surface area is 129 Å². The summed E-state index contributed by atoms with van der Waals surface area (Å²) in [4.78, 5) is 11.0. The van der Waals surface area contributed by atoms with Gasteiger partial charge in [0.25, 0.3) is 0 Å². The number of nitrogens with one attached hydrogen (secondary N) is 1. The summed E-state index contributed by atoms with van der Waals surface area (Å²) >= 11 is 0. The normalized spacial score (nSPS) is 10.7. The first kappa shape index (κ1) is 14.3. The van der Waals surface area contributed by atoms with Crippen molar-refractivity contribution >= 4 is 16.7 Å². The predicted molar refractivity (Wildman–Crippen MR) is 87.9 cm³/mol. The Hall–Kier alpha value is -2.65. The third-order valence-corrected chi connectivity index (χ3v) is 3.70. The van der Waals surface area contributed by atoms with E-state index in [-0.39, 0.29) is 0 Å². The highest BCUT2D eigenvalue weighted by molar-refractivity contribution is 5.87. The standard InChI is InChI=1S/C19H17NO2/c21-19(22)16-8-3-5-14(11-16)12-20-13-17-9-4-7-15-6-1-2-10-18(15)17/h1-11,20H,12-13H2,(H,21,22). The minimum absolute atomic E-state index is 0.324. The topological polar surface area (TPSA) is 49.3 Å². The van der Waals surface area contributed by atoms with Crippen LogP contribution >= 0.6 is 0 Å². The number of aromatic carboxylic acids is 1. The van der Waals surface area contributed by atoms with Crippen molar-refractivity contribution in [1.29, 1.82) is 0 Å². The van der Waals surface area contributed by atoms with Gasteiger partial charge in [0, 0.05) is 13.1 Å². The van der Waals surface area contributed by atoms with Gasteiger partial charge in [0.1, 0.15) is 0 Å². The highest BCUT2D eigenvalue weighted by Crippen LogP contribution is 2.18. The molecule has 110 valence electrons. The molecule has 3 aromatic carbocycles. The summed E-state index contributed by atoms with van der Waals surface area (Å²) in [5.41, 5.74) is 2.54. The summed E-state index contributed by atoms with van der Waals surface area (Å²) in [6.07, 6.45) is 0. The second kappa shape index (κ2) is 6.41. The van der Waals surface area contributed by atoms with Crippen LogP contribution < -0.4 is 5.32 Å². The number of benzene rings is 3. The maximum absolute atomic E-state index is 11.0. The van der Waals surface area contributed by atoms with Crippen molar-refractivity contribution in [3.05, 3.63) is 83.4 Å². The van der Waals surface area contributed by atoms with Crippen LogP contribution in [0, 0.1) is 0 Å². The van der Waals surface area contributed by atoms with Crippen molar-refractivity contribution < 1.29 is 9.90 Å². The van der Waals surface area contributed by atoms with Crippen molar-refractivity contribution in [2.24, 2.45) is 0 Å². The molecule has 0 saturated carbocycles. The van der Waals surface area contributed by atoms with Crippen molar-refractivity contribution in [2.75, 3.05) is 0 Å². The SMILES string of the molecule is O=C(O)c1cccc(CNCc2cccc3ccccc23)c1. The van der Waals surface area contributed by atoms with Crippen LogP contribution in [0.25, 0.3) is 10.8 Å². The molecule has 3 nitrogen and oxygen atoms in total. The fourth-order valence-corrected chi connectivity index (χ4v) is 2.60. The number of rotatable bonds is 5. The number of carboxylic acids is 1. The van der Waals surface area contributed by atoms with Crippen LogP contribution in [0.4, 0.5) is 0 Å². The Balaban J connectivity index is 1.70. The third-order valence-electron chi connectivity index (χ3n) is 3.70. The highest BCUT2D eigenvalue weighted by atomic mass is 16.4. The lowest BCUT2D eigenvalue weighted by Crippen LogP contribution is -2.13. The smallest absolute Gasteiger partial charge is 0.335 e. The van der Waals surface area contributed by atoms with Gasteiger partial charge in [-0.05, 0) is 34.0 Å². The molecule has 0 amide bonds. The fraction of sp³-hybridized carbons (Fsp3) is 0.105. The number of carboxylic acid groups (broad SMARTS) is 1. The molecule has 0 aromatic heterocycles. The van der Waals surface area contributed by atoms with E-state index in [1.807, 2.05) is 18.2 Å². The van der Waals surface area contributed by atoms with Crippen LogP contribution in [0.1, 0.15) is 21.5 Å². The van der Waals surface area contributed by atoms with Gasteiger partial charge >= 0.3 is 5.97 Å². The van der Waals surface area contributed by atoms with E-state index < -0.39 is 5.97 Å². The Morgan fingerprint density at radius 3 is 2.55 bits per heavy atom. The predicted octanol–water partition coefficient (Wildman–Crippen LogP) is 3.83. The summed E-state index contributed by atoms with van der Waals surface area (Å²) in [7, 11) is 0. The van der Waals surface area contributed by atoms with Crippen molar-refractivity contribution in [2.45, 2.75) is 13.1 Å². The average Bonchev–Trinajstić information content (AvgIpc) is 2.55. The Morgan fingerprint density at radius 1 is 0.909 bits per heavy atom. The van der Waals surface area contributed by atoms with Gasteiger partial charge in [-0.2, -0.15) is 0 Å². The van der Waals surface area contributed by atoms with Crippen LogP contribution in [-0.4, -0.2) is 11.1 Å². The summed E-state index contributed by atoms with van der Waals surface area (Å²) in [6.45, 7) is 1.39. The monoisotopic (exact) mass is 291 g/mol. The molecule has 0 unspecified atom stereocenters. The molecule has 2 N–H and O–H groups in total. The molecule has 0 spiro atoms. The summed E-state index contributed by atoms with van der Waals surface area (Å²) in [5.74, 6) is -0.893. The van der Waals surface area contributed by atoms with E-state index in [2.05, 4.69) is 35.6 Å². The van der Waals surface area contributed by atoms with E-state index in [4.69, 9.17) is 5.11 Å². The van der Waals surface area contributed by atoms with Crippen LogP contribution in [-0.2, 0) is 13.1 Å². The zero-order chi connectivity index (χ0) is 15.4. The lowest BCUT2D eigenvalue weighted by molar-refractivity contribution is 0.0696. The average molecular weight is 291 g/mol. The first-order valence-corrected chi connectivity index (χ1v) is 7.23. The molecule has 0 fully saturated rings.